The van der Waals surface area contributed by atoms with Crippen molar-refractivity contribution in [1.29, 1.82) is 0 Å². The maximum absolute atomic E-state index is 14.0. The van der Waals surface area contributed by atoms with Crippen LogP contribution in [0.4, 0.5) is 10.1 Å². The molecule has 3 atom stereocenters. The molecular weight excluding hydrogens is 404 g/mol. The normalized spacial score (nSPS) is 27.5. The number of rotatable bonds is 2. The number of halogens is 3. The van der Waals surface area contributed by atoms with Gasteiger partial charge in [-0.3, -0.25) is 9.59 Å². The van der Waals surface area contributed by atoms with Crippen LogP contribution < -0.4 is 4.90 Å². The highest BCUT2D eigenvalue weighted by atomic mass is 35.5. The predicted molar refractivity (Wildman–Crippen MR) is 103 cm³/mol. The maximum Gasteiger partial charge on any atom is 0.253 e. The van der Waals surface area contributed by atoms with E-state index < -0.39 is 17.8 Å². The molecule has 5 nitrogen and oxygen atoms in total. The number of fused-ring (bicyclic) bond motifs is 3. The molecule has 0 spiro atoms. The molecule has 3 aliphatic heterocycles. The van der Waals surface area contributed by atoms with Gasteiger partial charge in [0.2, 0.25) is 5.91 Å². The van der Waals surface area contributed by atoms with E-state index in [1.807, 2.05) is 17.1 Å². The summed E-state index contributed by atoms with van der Waals surface area (Å²) in [5.74, 6) is -1.84. The molecule has 0 unspecified atom stereocenters. The van der Waals surface area contributed by atoms with Crippen molar-refractivity contribution in [1.82, 2.24) is 10.0 Å². The molecule has 3 heterocycles. The molecule has 0 aromatic heterocycles. The molecule has 8 heteroatoms. The average molecular weight is 420 g/mol. The average Bonchev–Trinajstić information content (AvgIpc) is 3.31. The van der Waals surface area contributed by atoms with Gasteiger partial charge in [-0.1, -0.05) is 35.3 Å². The first-order valence-electron chi connectivity index (χ1n) is 9.09. The monoisotopic (exact) mass is 419 g/mol. The van der Waals surface area contributed by atoms with Crippen LogP contribution in [-0.4, -0.2) is 41.0 Å². The van der Waals surface area contributed by atoms with Gasteiger partial charge in [0.1, 0.15) is 11.9 Å². The van der Waals surface area contributed by atoms with Crippen molar-refractivity contribution in [2.45, 2.75) is 18.5 Å². The second-order valence-corrected chi connectivity index (χ2v) is 8.10. The van der Waals surface area contributed by atoms with Crippen molar-refractivity contribution >= 4 is 40.7 Å². The smallest absolute Gasteiger partial charge is 0.253 e. The van der Waals surface area contributed by atoms with E-state index in [-0.39, 0.29) is 28.6 Å². The maximum atomic E-state index is 14.0. The lowest BCUT2D eigenvalue weighted by Crippen LogP contribution is -2.44. The van der Waals surface area contributed by atoms with Crippen molar-refractivity contribution in [3.8, 4) is 0 Å². The van der Waals surface area contributed by atoms with Crippen LogP contribution in [0.15, 0.2) is 42.5 Å². The molecule has 3 aliphatic rings. The first kappa shape index (κ1) is 18.1. The molecule has 5 rings (SSSR count). The fourth-order valence-corrected chi connectivity index (χ4v) is 4.90. The Hall–Kier alpha value is -1.99. The van der Waals surface area contributed by atoms with Gasteiger partial charge in [-0.15, -0.1) is 0 Å². The van der Waals surface area contributed by atoms with Crippen LogP contribution >= 0.6 is 23.2 Å². The molecule has 3 saturated heterocycles. The second kappa shape index (κ2) is 6.52. The predicted octanol–water partition coefficient (Wildman–Crippen LogP) is 3.67. The second-order valence-electron chi connectivity index (χ2n) is 7.26. The Kier molecular flexibility index (Phi) is 4.21. The standard InChI is InChI=1S/C20H16Cl2FN3O2/c21-12-4-2-11(3-5-12)17-16-18(25-9-1-8-24(17)25)20(28)26(19(16)27)13-6-7-14(22)15(23)10-13/h2-7,10,16-18H,1,8-9H2/t16-,17+,18+/m0/s1. The number of hydrazine groups is 1. The molecule has 0 bridgehead atoms. The van der Waals surface area contributed by atoms with Crippen LogP contribution in [0.3, 0.4) is 0 Å². The van der Waals surface area contributed by atoms with Gasteiger partial charge in [-0.2, -0.15) is 0 Å². The van der Waals surface area contributed by atoms with E-state index in [1.165, 1.54) is 12.1 Å². The van der Waals surface area contributed by atoms with Crippen LogP contribution in [0, 0.1) is 11.7 Å². The molecule has 0 saturated carbocycles. The zero-order chi connectivity index (χ0) is 19.6. The fourth-order valence-electron chi connectivity index (χ4n) is 4.65. The Labute approximate surface area is 171 Å². The first-order valence-corrected chi connectivity index (χ1v) is 9.84. The largest absolute Gasteiger partial charge is 0.274 e. The van der Waals surface area contributed by atoms with Gasteiger partial charge in [0.15, 0.2) is 0 Å². The van der Waals surface area contributed by atoms with Gasteiger partial charge in [-0.05, 0) is 42.3 Å². The van der Waals surface area contributed by atoms with Crippen LogP contribution in [0.25, 0.3) is 0 Å². The van der Waals surface area contributed by atoms with E-state index >= 15 is 0 Å². The summed E-state index contributed by atoms with van der Waals surface area (Å²) in [5, 5.41) is 4.68. The Morgan fingerprint density at radius 3 is 2.25 bits per heavy atom. The van der Waals surface area contributed by atoms with Crippen molar-refractivity contribution in [3.63, 3.8) is 0 Å². The summed E-state index contributed by atoms with van der Waals surface area (Å²) in [5.41, 5.74) is 1.15. The highest BCUT2D eigenvalue weighted by Gasteiger charge is 2.62. The van der Waals surface area contributed by atoms with Crippen LogP contribution in [-0.2, 0) is 9.59 Å². The van der Waals surface area contributed by atoms with Crippen LogP contribution in [0.1, 0.15) is 18.0 Å². The zero-order valence-electron chi connectivity index (χ0n) is 14.7. The van der Waals surface area contributed by atoms with Gasteiger partial charge < -0.3 is 0 Å². The minimum absolute atomic E-state index is 0.0483. The summed E-state index contributed by atoms with van der Waals surface area (Å²) in [6.45, 7) is 1.50. The number of carbonyl (C=O) groups excluding carboxylic acids is 2. The van der Waals surface area contributed by atoms with E-state index in [0.717, 1.165) is 29.5 Å². The molecule has 3 fully saturated rings. The number of hydrogen-bond acceptors (Lipinski definition) is 4. The van der Waals surface area contributed by atoms with E-state index in [9.17, 15) is 14.0 Å². The van der Waals surface area contributed by atoms with E-state index in [0.29, 0.717) is 11.6 Å². The summed E-state index contributed by atoms with van der Waals surface area (Å²) in [4.78, 5) is 27.7. The lowest BCUT2D eigenvalue weighted by atomic mass is 9.90. The number of benzene rings is 2. The quantitative estimate of drug-likeness (QED) is 0.696. The third kappa shape index (κ3) is 2.52. The van der Waals surface area contributed by atoms with Gasteiger partial charge in [0, 0.05) is 18.1 Å². The van der Waals surface area contributed by atoms with Gasteiger partial charge in [-0.25, -0.2) is 19.3 Å². The van der Waals surface area contributed by atoms with E-state index in [2.05, 4.69) is 5.01 Å². The van der Waals surface area contributed by atoms with Crippen LogP contribution in [0.2, 0.25) is 10.0 Å². The summed E-state index contributed by atoms with van der Waals surface area (Å²) >= 11 is 11.8. The Bertz CT molecular complexity index is 984. The minimum Gasteiger partial charge on any atom is -0.274 e. The van der Waals surface area contributed by atoms with E-state index in [4.69, 9.17) is 23.2 Å². The highest BCUT2D eigenvalue weighted by molar-refractivity contribution is 6.31. The molecule has 2 aromatic rings. The number of nitrogens with zero attached hydrogens (tertiary/aromatic N) is 3. The molecular formula is C20H16Cl2FN3O2. The first-order chi connectivity index (χ1) is 13.5. The van der Waals surface area contributed by atoms with Crippen molar-refractivity contribution in [3.05, 3.63) is 63.9 Å². The van der Waals surface area contributed by atoms with Gasteiger partial charge in [0.05, 0.1) is 22.7 Å². The van der Waals surface area contributed by atoms with Crippen LogP contribution in [0.5, 0.6) is 0 Å². The van der Waals surface area contributed by atoms with Crippen molar-refractivity contribution in [2.24, 2.45) is 5.92 Å². The summed E-state index contributed by atoms with van der Waals surface area (Å²) in [6, 6.07) is 10.6. The molecule has 0 aliphatic carbocycles. The highest BCUT2D eigenvalue weighted by Crippen LogP contribution is 2.49. The number of imide groups is 1. The Morgan fingerprint density at radius 1 is 0.893 bits per heavy atom. The number of hydrogen-bond donors (Lipinski definition) is 0. The molecule has 144 valence electrons. The lowest BCUT2D eigenvalue weighted by Gasteiger charge is -2.29. The third-order valence-corrected chi connectivity index (χ3v) is 6.34. The molecule has 0 radical (unpaired) electrons. The summed E-state index contributed by atoms with van der Waals surface area (Å²) in [6.07, 6.45) is 0.921. The fraction of sp³-hybridized carbons (Fsp3) is 0.300. The molecule has 0 N–H and O–H groups in total. The summed E-state index contributed by atoms with van der Waals surface area (Å²) in [7, 11) is 0. The third-order valence-electron chi connectivity index (χ3n) is 5.78. The molecule has 28 heavy (non-hydrogen) atoms. The summed E-state index contributed by atoms with van der Waals surface area (Å²) < 4.78 is 14.0. The SMILES string of the molecule is O=C1[C@H]2[C@@H](c3ccc(Cl)cc3)N3CCCN3[C@H]2C(=O)N1c1ccc(Cl)c(F)c1. The molecule has 2 aromatic carbocycles. The van der Waals surface area contributed by atoms with Gasteiger partial charge >= 0.3 is 0 Å². The van der Waals surface area contributed by atoms with Gasteiger partial charge in [0.25, 0.3) is 5.91 Å². The topological polar surface area (TPSA) is 43.9 Å². The minimum atomic E-state index is -0.658. The number of amides is 2. The van der Waals surface area contributed by atoms with Crippen molar-refractivity contribution < 1.29 is 14.0 Å². The number of carbonyl (C=O) groups is 2. The molecule has 2 amide bonds. The zero-order valence-corrected chi connectivity index (χ0v) is 16.2. The van der Waals surface area contributed by atoms with Crippen molar-refractivity contribution in [2.75, 3.05) is 18.0 Å². The number of anilines is 1. The van der Waals surface area contributed by atoms with E-state index in [1.54, 1.807) is 12.1 Å². The Morgan fingerprint density at radius 2 is 1.57 bits per heavy atom. The Balaban J connectivity index is 1.58. The lowest BCUT2D eigenvalue weighted by molar-refractivity contribution is -0.126.